The molecule has 0 aliphatic heterocycles. The molecule has 0 spiro atoms. The number of likely N-dealkylation sites (N-methyl/N-ethyl adjacent to an activating group) is 1. The number of carbonyl (C=O) groups excluding carboxylic acids is 1. The summed E-state index contributed by atoms with van der Waals surface area (Å²) in [6, 6.07) is -0.881. The second-order valence-corrected chi connectivity index (χ2v) is 16.8. The number of aliphatic hydroxyl groups excluding tert-OH is 1. The molecule has 3 unspecified atom stereocenters. The lowest BCUT2D eigenvalue weighted by Gasteiger charge is -2.25. The van der Waals surface area contributed by atoms with Gasteiger partial charge in [-0.05, 0) is 83.5 Å². The van der Waals surface area contributed by atoms with E-state index in [0.717, 1.165) is 89.9 Å². The number of nitrogens with one attached hydrogen (secondary N) is 1. The Bertz CT molecular complexity index is 1230. The van der Waals surface area contributed by atoms with Crippen LogP contribution in [0.3, 0.4) is 0 Å². The van der Waals surface area contributed by atoms with Crippen LogP contribution < -0.4 is 5.32 Å². The van der Waals surface area contributed by atoms with E-state index in [9.17, 15) is 19.4 Å². The van der Waals surface area contributed by atoms with Crippen LogP contribution >= 0.6 is 7.82 Å². The Labute approximate surface area is 343 Å². The van der Waals surface area contributed by atoms with Crippen LogP contribution in [0.5, 0.6) is 0 Å². The summed E-state index contributed by atoms with van der Waals surface area (Å²) in [6.07, 6.45) is 53.4. The molecule has 0 aromatic rings. The minimum Gasteiger partial charge on any atom is -0.387 e. The van der Waals surface area contributed by atoms with Gasteiger partial charge in [-0.2, -0.15) is 0 Å². The summed E-state index contributed by atoms with van der Waals surface area (Å²) in [5.41, 5.74) is 0. The number of unbranched alkanes of at least 4 members (excludes halogenated alkanes) is 10. The van der Waals surface area contributed by atoms with Gasteiger partial charge in [0, 0.05) is 6.42 Å². The van der Waals surface area contributed by atoms with Gasteiger partial charge >= 0.3 is 7.82 Å². The van der Waals surface area contributed by atoms with Crippen molar-refractivity contribution in [2.75, 3.05) is 40.9 Å². The van der Waals surface area contributed by atoms with Crippen LogP contribution in [-0.2, 0) is 18.4 Å². The van der Waals surface area contributed by atoms with Gasteiger partial charge in [-0.15, -0.1) is 0 Å². The van der Waals surface area contributed by atoms with Crippen LogP contribution in [0.1, 0.15) is 142 Å². The van der Waals surface area contributed by atoms with Crippen molar-refractivity contribution in [1.29, 1.82) is 0 Å². The van der Waals surface area contributed by atoms with Gasteiger partial charge in [-0.1, -0.05) is 150 Å². The molecule has 0 heterocycles. The highest BCUT2D eigenvalue weighted by Gasteiger charge is 2.27. The van der Waals surface area contributed by atoms with Crippen molar-refractivity contribution in [2.24, 2.45) is 0 Å². The van der Waals surface area contributed by atoms with Crippen LogP contribution in [0.2, 0.25) is 0 Å². The number of carbonyl (C=O) groups is 1. The van der Waals surface area contributed by atoms with Crippen molar-refractivity contribution < 1.29 is 32.9 Å². The van der Waals surface area contributed by atoms with Crippen LogP contribution in [0.25, 0.3) is 0 Å². The molecular weight excluding hydrogens is 719 g/mol. The molecule has 9 heteroatoms. The fraction of sp³-hybridized carbons (Fsp3) is 0.638. The highest BCUT2D eigenvalue weighted by atomic mass is 31.2. The highest BCUT2D eigenvalue weighted by Crippen LogP contribution is 2.43. The second kappa shape index (κ2) is 38.0. The molecule has 3 N–H and O–H groups in total. The number of nitrogens with zero attached hydrogens (tertiary/aromatic N) is 1. The molecule has 0 saturated heterocycles. The van der Waals surface area contributed by atoms with Gasteiger partial charge in [-0.25, -0.2) is 4.57 Å². The molecule has 0 aliphatic carbocycles. The smallest absolute Gasteiger partial charge is 0.387 e. The number of rotatable bonds is 37. The third kappa shape index (κ3) is 39.6. The van der Waals surface area contributed by atoms with E-state index in [1.54, 1.807) is 6.08 Å². The summed E-state index contributed by atoms with van der Waals surface area (Å²) in [5, 5.41) is 13.7. The van der Waals surface area contributed by atoms with E-state index in [-0.39, 0.29) is 19.1 Å². The summed E-state index contributed by atoms with van der Waals surface area (Å²) in [4.78, 5) is 23.1. The van der Waals surface area contributed by atoms with E-state index in [4.69, 9.17) is 9.05 Å². The first-order chi connectivity index (χ1) is 27.0. The molecule has 8 nitrogen and oxygen atoms in total. The quantitative estimate of drug-likeness (QED) is 0.0250. The Morgan fingerprint density at radius 1 is 0.625 bits per heavy atom. The van der Waals surface area contributed by atoms with Gasteiger partial charge in [0.2, 0.25) is 5.91 Å². The van der Waals surface area contributed by atoms with Gasteiger partial charge in [0.1, 0.15) is 13.2 Å². The van der Waals surface area contributed by atoms with Gasteiger partial charge in [-0.3, -0.25) is 13.8 Å². The average Bonchev–Trinajstić information content (AvgIpc) is 3.15. The second-order valence-electron chi connectivity index (χ2n) is 15.3. The van der Waals surface area contributed by atoms with Gasteiger partial charge in [0.25, 0.3) is 0 Å². The Hall–Kier alpha value is -2.58. The molecule has 0 rings (SSSR count). The monoisotopic (exact) mass is 802 g/mol. The fourth-order valence-corrected chi connectivity index (χ4v) is 6.09. The highest BCUT2D eigenvalue weighted by molar-refractivity contribution is 7.47. The number of quaternary nitrogens is 1. The Morgan fingerprint density at radius 3 is 1.62 bits per heavy atom. The lowest BCUT2D eigenvalue weighted by molar-refractivity contribution is -0.870. The van der Waals surface area contributed by atoms with E-state index >= 15 is 0 Å². The lowest BCUT2D eigenvalue weighted by atomic mass is 10.1. The summed E-state index contributed by atoms with van der Waals surface area (Å²) in [6.45, 7) is 4.59. The largest absolute Gasteiger partial charge is 0.472 e. The SMILES string of the molecule is CC/C=C\C/C=C\C/C=C\C/C=C\C/C=C\C/C=C\CCCCCCC(=O)NC(COP(=O)(O)OCC[N+](C)(C)C)C(O)/C=C/CC/C=C/CCCCCCC. The Balaban J connectivity index is 4.48. The summed E-state index contributed by atoms with van der Waals surface area (Å²) in [5.74, 6) is -0.219. The van der Waals surface area contributed by atoms with E-state index in [1.807, 2.05) is 27.2 Å². The number of phosphoric acid groups is 1. The first kappa shape index (κ1) is 53.4. The molecule has 0 aromatic carbocycles. The zero-order valence-electron chi connectivity index (χ0n) is 36.1. The maximum absolute atomic E-state index is 12.8. The number of allylic oxidation sites excluding steroid dienone is 15. The van der Waals surface area contributed by atoms with Crippen molar-refractivity contribution in [3.8, 4) is 0 Å². The van der Waals surface area contributed by atoms with E-state index in [2.05, 4.69) is 104 Å². The molecular formula is C47H82N2O6P+. The predicted molar refractivity (Wildman–Crippen MR) is 239 cm³/mol. The molecule has 320 valence electrons. The van der Waals surface area contributed by atoms with Crippen LogP contribution in [0.15, 0.2) is 97.2 Å². The third-order valence-corrected chi connectivity index (χ3v) is 9.77. The van der Waals surface area contributed by atoms with Gasteiger partial charge < -0.3 is 19.8 Å². The molecule has 0 fully saturated rings. The van der Waals surface area contributed by atoms with E-state index in [1.165, 1.54) is 32.1 Å². The molecule has 56 heavy (non-hydrogen) atoms. The number of amides is 1. The minimum absolute atomic E-state index is 0.0448. The Morgan fingerprint density at radius 2 is 1.09 bits per heavy atom. The first-order valence-corrected chi connectivity index (χ1v) is 23.1. The maximum atomic E-state index is 12.8. The summed E-state index contributed by atoms with van der Waals surface area (Å²) < 4.78 is 23.5. The lowest BCUT2D eigenvalue weighted by Crippen LogP contribution is -2.45. The predicted octanol–water partition coefficient (Wildman–Crippen LogP) is 12.0. The average molecular weight is 802 g/mol. The number of hydrogen-bond donors (Lipinski definition) is 3. The van der Waals surface area contributed by atoms with Gasteiger partial charge in [0.05, 0.1) is 39.9 Å². The molecule has 0 radical (unpaired) electrons. The molecule has 3 atom stereocenters. The van der Waals surface area contributed by atoms with Crippen molar-refractivity contribution in [1.82, 2.24) is 5.32 Å². The standard InChI is InChI=1S/C47H81N2O6P/c1-6-8-10-12-14-16-18-19-20-21-22-23-24-25-26-27-28-29-31-33-35-37-39-41-47(51)48-45(44-55-56(52,53)54-43-42-49(3,4)5)46(50)40-38-36-34-32-30-17-15-13-11-9-7-2/h8,10,14,16,19-20,22-23,25-26,28-30,32,38,40,45-46,50H,6-7,9,11-13,15,17-18,21,24,27,31,33-37,39,41-44H2,1-5H3,(H-,48,51,52,53)/p+1/b10-8-,16-14-,20-19-,23-22-,26-25-,29-28-,32-30+,40-38+. The third-order valence-electron chi connectivity index (χ3n) is 8.79. The summed E-state index contributed by atoms with van der Waals surface area (Å²) >= 11 is 0. The van der Waals surface area contributed by atoms with Crippen LogP contribution in [0, 0.1) is 0 Å². The maximum Gasteiger partial charge on any atom is 0.472 e. The Kier molecular flexibility index (Phi) is 36.2. The number of phosphoric ester groups is 1. The normalized spacial score (nSPS) is 15.3. The van der Waals surface area contributed by atoms with Crippen molar-refractivity contribution in [3.05, 3.63) is 97.2 Å². The minimum atomic E-state index is -4.36. The summed E-state index contributed by atoms with van der Waals surface area (Å²) in [7, 11) is 1.51. The number of hydrogen-bond acceptors (Lipinski definition) is 5. The van der Waals surface area contributed by atoms with E-state index < -0.39 is 20.0 Å². The first-order valence-electron chi connectivity index (χ1n) is 21.6. The van der Waals surface area contributed by atoms with Crippen molar-refractivity contribution in [2.45, 2.75) is 154 Å². The topological polar surface area (TPSA) is 105 Å². The van der Waals surface area contributed by atoms with Crippen molar-refractivity contribution >= 4 is 13.7 Å². The van der Waals surface area contributed by atoms with Crippen molar-refractivity contribution in [3.63, 3.8) is 0 Å². The molecule has 1 amide bonds. The van der Waals surface area contributed by atoms with Gasteiger partial charge in [0.15, 0.2) is 0 Å². The zero-order valence-corrected chi connectivity index (χ0v) is 37.0. The molecule has 0 aliphatic rings. The molecule has 0 saturated carbocycles. The van der Waals surface area contributed by atoms with Crippen LogP contribution in [-0.4, -0.2) is 73.4 Å². The fourth-order valence-electron chi connectivity index (χ4n) is 5.35. The molecule has 0 bridgehead atoms. The van der Waals surface area contributed by atoms with Crippen LogP contribution in [0.4, 0.5) is 0 Å². The van der Waals surface area contributed by atoms with E-state index in [0.29, 0.717) is 17.4 Å². The zero-order chi connectivity index (χ0) is 41.4. The number of aliphatic hydroxyl groups is 1. The molecule has 0 aromatic heterocycles.